The molecule has 0 spiro atoms. The summed E-state index contributed by atoms with van der Waals surface area (Å²) >= 11 is 0. The highest BCUT2D eigenvalue weighted by Crippen LogP contribution is 2.50. The van der Waals surface area contributed by atoms with Crippen LogP contribution in [0.1, 0.15) is 0 Å². The highest BCUT2D eigenvalue weighted by molar-refractivity contribution is 6.88. The Kier molecular flexibility index (Phi) is 8.58. The third-order valence-corrected chi connectivity index (χ3v) is 13.6. The fourth-order valence-electron chi connectivity index (χ4n) is 8.75. The van der Waals surface area contributed by atoms with E-state index in [4.69, 9.17) is 0 Å². The molecule has 10 aromatic carbocycles. The number of fused-ring (bicyclic) bond motifs is 7. The zero-order valence-electron chi connectivity index (χ0n) is 32.6. The largest absolute Gasteiger partial charge is 0.310 e. The first kappa shape index (κ1) is 34.7. The van der Waals surface area contributed by atoms with E-state index in [2.05, 4.69) is 231 Å². The lowest BCUT2D eigenvalue weighted by atomic mass is 9.81. The van der Waals surface area contributed by atoms with E-state index >= 15 is 0 Å². The van der Waals surface area contributed by atoms with Gasteiger partial charge in [-0.25, -0.2) is 0 Å². The first-order chi connectivity index (χ1) is 27.9. The van der Waals surface area contributed by atoms with Gasteiger partial charge in [-0.15, -0.1) is 0 Å². The maximum Gasteiger partial charge on any atom is 0.0775 e. The molecule has 0 fully saturated rings. The average Bonchev–Trinajstić information content (AvgIpc) is 3.26. The van der Waals surface area contributed by atoms with Crippen molar-refractivity contribution in [3.05, 3.63) is 206 Å². The van der Waals surface area contributed by atoms with Gasteiger partial charge in [0, 0.05) is 17.1 Å². The topological polar surface area (TPSA) is 3.24 Å². The molecule has 0 unspecified atom stereocenters. The van der Waals surface area contributed by atoms with Crippen LogP contribution in [0, 0.1) is 0 Å². The van der Waals surface area contributed by atoms with Gasteiger partial charge in [0.05, 0.1) is 8.07 Å². The molecule has 0 atom stereocenters. The van der Waals surface area contributed by atoms with Gasteiger partial charge in [0.25, 0.3) is 0 Å². The molecule has 0 aromatic heterocycles. The van der Waals surface area contributed by atoms with Crippen LogP contribution in [-0.2, 0) is 0 Å². The molecular formula is C55H43NSi. The molecule has 0 amide bonds. The summed E-state index contributed by atoms with van der Waals surface area (Å²) in [7, 11) is -1.49. The molecule has 0 saturated carbocycles. The van der Waals surface area contributed by atoms with Crippen LogP contribution in [0.2, 0.25) is 19.6 Å². The maximum atomic E-state index is 2.44. The lowest BCUT2D eigenvalue weighted by molar-refractivity contribution is 1.30. The second-order valence-corrected chi connectivity index (χ2v) is 21.2. The molecule has 0 aliphatic heterocycles. The second kappa shape index (κ2) is 14.1. The first-order valence-corrected chi connectivity index (χ1v) is 23.4. The lowest BCUT2D eigenvalue weighted by Crippen LogP contribution is -2.37. The molecule has 0 radical (unpaired) electrons. The molecule has 0 N–H and O–H groups in total. The van der Waals surface area contributed by atoms with Crippen LogP contribution in [0.25, 0.3) is 76.5 Å². The Morgan fingerprint density at radius 3 is 1.51 bits per heavy atom. The van der Waals surface area contributed by atoms with Gasteiger partial charge >= 0.3 is 0 Å². The number of hydrogen-bond acceptors (Lipinski definition) is 1. The highest BCUT2D eigenvalue weighted by Gasteiger charge is 2.23. The number of anilines is 3. The molecule has 0 aliphatic rings. The summed E-state index contributed by atoms with van der Waals surface area (Å²) in [6.07, 6.45) is 0. The minimum Gasteiger partial charge on any atom is -0.310 e. The van der Waals surface area contributed by atoms with Gasteiger partial charge in [0.2, 0.25) is 0 Å². The van der Waals surface area contributed by atoms with Crippen LogP contribution in [-0.4, -0.2) is 8.07 Å². The van der Waals surface area contributed by atoms with Crippen LogP contribution in [0.5, 0.6) is 0 Å². The normalized spacial score (nSPS) is 11.8. The Bertz CT molecular complexity index is 3070. The van der Waals surface area contributed by atoms with E-state index in [1.165, 1.54) is 81.7 Å². The minimum atomic E-state index is -1.49. The highest BCUT2D eigenvalue weighted by atomic mass is 28.3. The van der Waals surface area contributed by atoms with Crippen LogP contribution >= 0.6 is 0 Å². The SMILES string of the molecule is C[Si](C)(C)c1ccc(N(c2ccc3ccccc3c2)c2ccc3c(c2)c2ccccc2c2c(-c4ccccc4)cc(-c4ccccc4)c(-c4ccccc4)c32)cc1. The lowest BCUT2D eigenvalue weighted by Gasteiger charge is -2.28. The number of hydrogen-bond donors (Lipinski definition) is 0. The van der Waals surface area contributed by atoms with Crippen molar-refractivity contribution < 1.29 is 0 Å². The standard InChI is InChI=1S/C55H43NSi/c1-57(2,3)46-32-29-43(30-33-46)56(44-28-27-38-17-13-14-24-42(38)35-44)45-31-34-49-52(36-45)47-25-15-16-26-48(47)54-51(40-20-9-5-10-21-40)37-50(39-18-7-4-8-19-39)53(55(49)54)41-22-11-6-12-23-41/h4-37H,1-3H3. The first-order valence-electron chi connectivity index (χ1n) is 19.9. The molecule has 272 valence electrons. The smallest absolute Gasteiger partial charge is 0.0775 e. The van der Waals surface area contributed by atoms with Gasteiger partial charge in [-0.1, -0.05) is 189 Å². The molecule has 10 rings (SSSR count). The van der Waals surface area contributed by atoms with Crippen LogP contribution in [0.4, 0.5) is 17.1 Å². The second-order valence-electron chi connectivity index (χ2n) is 16.1. The number of nitrogens with zero attached hydrogens (tertiary/aromatic N) is 1. The van der Waals surface area contributed by atoms with E-state index in [9.17, 15) is 0 Å². The predicted molar refractivity (Wildman–Crippen MR) is 250 cm³/mol. The zero-order valence-corrected chi connectivity index (χ0v) is 33.6. The fourth-order valence-corrected chi connectivity index (χ4v) is 9.92. The van der Waals surface area contributed by atoms with Crippen molar-refractivity contribution in [2.45, 2.75) is 19.6 Å². The number of benzene rings is 10. The van der Waals surface area contributed by atoms with Gasteiger partial charge in [-0.05, 0) is 119 Å². The average molecular weight is 746 g/mol. The molecule has 0 saturated heterocycles. The summed E-state index contributed by atoms with van der Waals surface area (Å²) in [5.41, 5.74) is 10.8. The van der Waals surface area contributed by atoms with E-state index in [1.54, 1.807) is 0 Å². The van der Waals surface area contributed by atoms with Crippen molar-refractivity contribution in [2.75, 3.05) is 4.90 Å². The van der Waals surface area contributed by atoms with Gasteiger partial charge in [0.15, 0.2) is 0 Å². The van der Waals surface area contributed by atoms with Gasteiger partial charge in [-0.3, -0.25) is 0 Å². The summed E-state index contributed by atoms with van der Waals surface area (Å²) in [4.78, 5) is 2.44. The maximum absolute atomic E-state index is 2.44. The quantitative estimate of drug-likeness (QED) is 0.116. The third kappa shape index (κ3) is 6.19. The van der Waals surface area contributed by atoms with Gasteiger partial charge in [-0.2, -0.15) is 0 Å². The molecular weight excluding hydrogens is 703 g/mol. The zero-order chi connectivity index (χ0) is 38.5. The summed E-state index contributed by atoms with van der Waals surface area (Å²) in [6, 6.07) is 76.3. The van der Waals surface area contributed by atoms with Crippen molar-refractivity contribution in [3.63, 3.8) is 0 Å². The van der Waals surface area contributed by atoms with Gasteiger partial charge < -0.3 is 4.90 Å². The predicted octanol–water partition coefficient (Wildman–Crippen LogP) is 15.3. The molecule has 10 aromatic rings. The third-order valence-electron chi connectivity index (χ3n) is 11.6. The van der Waals surface area contributed by atoms with Crippen molar-refractivity contribution >= 4 is 73.4 Å². The minimum absolute atomic E-state index is 1.13. The Hall–Kier alpha value is -6.74. The molecule has 2 heteroatoms. The monoisotopic (exact) mass is 745 g/mol. The van der Waals surface area contributed by atoms with Crippen molar-refractivity contribution in [2.24, 2.45) is 0 Å². The van der Waals surface area contributed by atoms with E-state index in [0.717, 1.165) is 17.1 Å². The van der Waals surface area contributed by atoms with Crippen molar-refractivity contribution in [3.8, 4) is 33.4 Å². The molecule has 0 aliphatic carbocycles. The Labute approximate surface area is 336 Å². The van der Waals surface area contributed by atoms with E-state index in [1.807, 2.05) is 0 Å². The van der Waals surface area contributed by atoms with Crippen LogP contribution < -0.4 is 10.1 Å². The molecule has 57 heavy (non-hydrogen) atoms. The summed E-state index contributed by atoms with van der Waals surface area (Å²) in [6.45, 7) is 7.24. The van der Waals surface area contributed by atoms with E-state index < -0.39 is 8.07 Å². The van der Waals surface area contributed by atoms with Crippen LogP contribution in [0.3, 0.4) is 0 Å². The van der Waals surface area contributed by atoms with E-state index in [0.29, 0.717) is 0 Å². The fraction of sp³-hybridized carbons (Fsp3) is 0.0545. The van der Waals surface area contributed by atoms with Crippen molar-refractivity contribution in [1.82, 2.24) is 0 Å². The summed E-state index contributed by atoms with van der Waals surface area (Å²) in [5.74, 6) is 0. The van der Waals surface area contributed by atoms with Crippen molar-refractivity contribution in [1.29, 1.82) is 0 Å². The Balaban J connectivity index is 1.33. The molecule has 0 heterocycles. The van der Waals surface area contributed by atoms with Gasteiger partial charge in [0.1, 0.15) is 0 Å². The Morgan fingerprint density at radius 2 is 0.842 bits per heavy atom. The number of rotatable bonds is 7. The van der Waals surface area contributed by atoms with Crippen LogP contribution in [0.15, 0.2) is 206 Å². The molecule has 1 nitrogen and oxygen atoms in total. The molecule has 0 bridgehead atoms. The Morgan fingerprint density at radius 1 is 0.333 bits per heavy atom. The summed E-state index contributed by atoms with van der Waals surface area (Å²) < 4.78 is 0. The summed E-state index contributed by atoms with van der Waals surface area (Å²) in [5, 5.41) is 11.5. The van der Waals surface area contributed by atoms with E-state index in [-0.39, 0.29) is 0 Å².